The highest BCUT2D eigenvalue weighted by Gasteiger charge is 2.42. The van der Waals surface area contributed by atoms with E-state index in [4.69, 9.17) is 0 Å². The average Bonchev–Trinajstić information content (AvgIpc) is 2.73. The van der Waals surface area contributed by atoms with Gasteiger partial charge in [-0.1, -0.05) is 30.3 Å². The molecule has 3 rings (SSSR count). The van der Waals surface area contributed by atoms with Crippen molar-refractivity contribution in [3.8, 4) is 0 Å². The van der Waals surface area contributed by atoms with Gasteiger partial charge in [-0.15, -0.1) is 6.58 Å². The SMILES string of the molecule is C=CC12CCCN1CCc1ccccc12. The molecule has 1 nitrogen and oxygen atoms in total. The summed E-state index contributed by atoms with van der Waals surface area (Å²) in [5, 5.41) is 0. The third-order valence-corrected chi connectivity index (χ3v) is 4.02. The van der Waals surface area contributed by atoms with Gasteiger partial charge >= 0.3 is 0 Å². The summed E-state index contributed by atoms with van der Waals surface area (Å²) in [6.07, 6.45) is 5.91. The van der Waals surface area contributed by atoms with E-state index < -0.39 is 0 Å². The molecule has 0 saturated carbocycles. The van der Waals surface area contributed by atoms with Crippen LogP contribution in [0.2, 0.25) is 0 Å². The molecule has 78 valence electrons. The predicted molar refractivity (Wildman–Crippen MR) is 62.8 cm³/mol. The predicted octanol–water partition coefficient (Wildman–Crippen LogP) is 2.72. The van der Waals surface area contributed by atoms with Crippen LogP contribution < -0.4 is 0 Å². The van der Waals surface area contributed by atoms with Gasteiger partial charge in [0.05, 0.1) is 5.54 Å². The van der Waals surface area contributed by atoms with E-state index >= 15 is 0 Å². The van der Waals surface area contributed by atoms with Crippen LogP contribution in [0.4, 0.5) is 0 Å². The van der Waals surface area contributed by atoms with Crippen LogP contribution in [0, 0.1) is 0 Å². The number of benzene rings is 1. The molecule has 0 aliphatic carbocycles. The van der Waals surface area contributed by atoms with Gasteiger partial charge in [0.15, 0.2) is 0 Å². The molecule has 2 aliphatic heterocycles. The molecule has 0 bridgehead atoms. The summed E-state index contributed by atoms with van der Waals surface area (Å²) >= 11 is 0. The van der Waals surface area contributed by atoms with Crippen molar-refractivity contribution in [3.05, 3.63) is 48.0 Å². The van der Waals surface area contributed by atoms with Gasteiger partial charge in [0.1, 0.15) is 0 Å². The average molecular weight is 199 g/mol. The molecule has 0 amide bonds. The second-order valence-corrected chi connectivity index (χ2v) is 4.63. The zero-order valence-corrected chi connectivity index (χ0v) is 9.08. The highest BCUT2D eigenvalue weighted by Crippen LogP contribution is 2.44. The second kappa shape index (κ2) is 3.21. The van der Waals surface area contributed by atoms with Crippen molar-refractivity contribution in [2.24, 2.45) is 0 Å². The van der Waals surface area contributed by atoms with Crippen molar-refractivity contribution >= 4 is 0 Å². The Morgan fingerprint density at radius 3 is 3.00 bits per heavy atom. The van der Waals surface area contributed by atoms with Gasteiger partial charge in [0.2, 0.25) is 0 Å². The van der Waals surface area contributed by atoms with E-state index in [9.17, 15) is 0 Å². The highest BCUT2D eigenvalue weighted by molar-refractivity contribution is 5.40. The first-order chi connectivity index (χ1) is 7.37. The number of hydrogen-bond acceptors (Lipinski definition) is 1. The first kappa shape index (κ1) is 9.17. The number of nitrogens with zero attached hydrogens (tertiary/aromatic N) is 1. The largest absolute Gasteiger partial charge is 0.290 e. The Balaban J connectivity index is 2.19. The molecule has 1 aromatic carbocycles. The zero-order valence-electron chi connectivity index (χ0n) is 9.08. The Morgan fingerprint density at radius 2 is 2.13 bits per heavy atom. The third kappa shape index (κ3) is 1.13. The molecule has 1 atom stereocenters. The van der Waals surface area contributed by atoms with E-state index in [0.717, 1.165) is 0 Å². The molecule has 1 fully saturated rings. The first-order valence-electron chi connectivity index (χ1n) is 5.84. The Labute approximate surface area is 91.4 Å². The van der Waals surface area contributed by atoms with Crippen molar-refractivity contribution in [1.82, 2.24) is 4.90 Å². The lowest BCUT2D eigenvalue weighted by Gasteiger charge is -2.41. The number of hydrogen-bond donors (Lipinski definition) is 0. The Bertz CT molecular complexity index is 396. The minimum atomic E-state index is 0.162. The van der Waals surface area contributed by atoms with Crippen LogP contribution >= 0.6 is 0 Å². The van der Waals surface area contributed by atoms with Crippen molar-refractivity contribution in [3.63, 3.8) is 0 Å². The lowest BCUT2D eigenvalue weighted by atomic mass is 9.80. The fourth-order valence-electron chi connectivity index (χ4n) is 3.27. The van der Waals surface area contributed by atoms with E-state index in [1.807, 2.05) is 0 Å². The van der Waals surface area contributed by atoms with Gasteiger partial charge in [-0.25, -0.2) is 0 Å². The van der Waals surface area contributed by atoms with Crippen LogP contribution in [-0.2, 0) is 12.0 Å². The van der Waals surface area contributed by atoms with Gasteiger partial charge in [0, 0.05) is 6.54 Å². The lowest BCUT2D eigenvalue weighted by Crippen LogP contribution is -2.44. The van der Waals surface area contributed by atoms with Gasteiger partial charge in [-0.3, -0.25) is 4.90 Å². The minimum Gasteiger partial charge on any atom is -0.290 e. The Kier molecular flexibility index (Phi) is 1.96. The van der Waals surface area contributed by atoms with E-state index in [1.54, 1.807) is 0 Å². The van der Waals surface area contributed by atoms with E-state index in [2.05, 4.69) is 41.8 Å². The molecule has 1 saturated heterocycles. The standard InChI is InChI=1S/C14H17N/c1-2-14-9-5-10-15(14)11-8-12-6-3-4-7-13(12)14/h2-4,6-7H,1,5,8-11H2. The molecule has 1 aromatic rings. The number of fused-ring (bicyclic) bond motifs is 3. The van der Waals surface area contributed by atoms with Crippen LogP contribution in [-0.4, -0.2) is 18.0 Å². The maximum absolute atomic E-state index is 4.07. The van der Waals surface area contributed by atoms with Crippen LogP contribution in [0.15, 0.2) is 36.9 Å². The molecular weight excluding hydrogens is 182 g/mol. The minimum absolute atomic E-state index is 0.162. The van der Waals surface area contributed by atoms with E-state index in [0.29, 0.717) is 0 Å². The summed E-state index contributed by atoms with van der Waals surface area (Å²) in [5.74, 6) is 0. The molecular formula is C14H17N. The quantitative estimate of drug-likeness (QED) is 0.629. The fourth-order valence-corrected chi connectivity index (χ4v) is 3.27. The first-order valence-corrected chi connectivity index (χ1v) is 5.84. The van der Waals surface area contributed by atoms with Crippen LogP contribution in [0.5, 0.6) is 0 Å². The maximum Gasteiger partial charge on any atom is 0.0646 e. The molecule has 0 spiro atoms. The Morgan fingerprint density at radius 1 is 1.27 bits per heavy atom. The smallest absolute Gasteiger partial charge is 0.0646 e. The molecule has 1 heteroatoms. The van der Waals surface area contributed by atoms with Gasteiger partial charge in [-0.05, 0) is 36.9 Å². The summed E-state index contributed by atoms with van der Waals surface area (Å²) in [6.45, 7) is 6.51. The summed E-state index contributed by atoms with van der Waals surface area (Å²) in [7, 11) is 0. The van der Waals surface area contributed by atoms with Crippen LogP contribution in [0.3, 0.4) is 0 Å². The molecule has 0 aromatic heterocycles. The van der Waals surface area contributed by atoms with Gasteiger partial charge < -0.3 is 0 Å². The van der Waals surface area contributed by atoms with Crippen molar-refractivity contribution in [2.75, 3.05) is 13.1 Å². The van der Waals surface area contributed by atoms with Crippen molar-refractivity contribution < 1.29 is 0 Å². The van der Waals surface area contributed by atoms with Crippen molar-refractivity contribution in [1.29, 1.82) is 0 Å². The molecule has 2 heterocycles. The summed E-state index contributed by atoms with van der Waals surface area (Å²) in [5.41, 5.74) is 3.19. The fraction of sp³-hybridized carbons (Fsp3) is 0.429. The third-order valence-electron chi connectivity index (χ3n) is 4.02. The zero-order chi connectivity index (χ0) is 10.3. The maximum atomic E-state index is 4.07. The Hall–Kier alpha value is -1.08. The van der Waals surface area contributed by atoms with Crippen molar-refractivity contribution in [2.45, 2.75) is 24.8 Å². The van der Waals surface area contributed by atoms with Gasteiger partial charge in [0.25, 0.3) is 0 Å². The monoisotopic (exact) mass is 199 g/mol. The molecule has 0 radical (unpaired) electrons. The molecule has 15 heavy (non-hydrogen) atoms. The van der Waals surface area contributed by atoms with E-state index in [1.165, 1.54) is 43.5 Å². The van der Waals surface area contributed by atoms with E-state index in [-0.39, 0.29) is 5.54 Å². The highest BCUT2D eigenvalue weighted by atomic mass is 15.2. The summed E-state index contributed by atoms with van der Waals surface area (Å²) in [4.78, 5) is 2.60. The lowest BCUT2D eigenvalue weighted by molar-refractivity contribution is 0.172. The molecule has 0 N–H and O–H groups in total. The number of rotatable bonds is 1. The normalized spacial score (nSPS) is 29.6. The second-order valence-electron chi connectivity index (χ2n) is 4.63. The summed E-state index contributed by atoms with van der Waals surface area (Å²) in [6, 6.07) is 8.87. The summed E-state index contributed by atoms with van der Waals surface area (Å²) < 4.78 is 0. The van der Waals surface area contributed by atoms with Crippen LogP contribution in [0.1, 0.15) is 24.0 Å². The molecule has 2 aliphatic rings. The van der Waals surface area contributed by atoms with Crippen LogP contribution in [0.25, 0.3) is 0 Å². The molecule has 1 unspecified atom stereocenters. The van der Waals surface area contributed by atoms with Gasteiger partial charge in [-0.2, -0.15) is 0 Å². The topological polar surface area (TPSA) is 3.24 Å².